The Morgan fingerprint density at radius 2 is 1.93 bits per heavy atom. The van der Waals surface area contributed by atoms with Crippen molar-refractivity contribution in [1.29, 1.82) is 0 Å². The fraction of sp³-hybridized carbons (Fsp3) is 0.579. The normalized spacial score (nSPS) is 18.5. The Balaban J connectivity index is 1.60. The maximum Gasteiger partial charge on any atom is 0.325 e. The Morgan fingerprint density at radius 1 is 1.22 bits per heavy atom. The molecule has 0 atom stereocenters. The summed E-state index contributed by atoms with van der Waals surface area (Å²) in [6.07, 6.45) is 5.77. The Bertz CT molecular complexity index is 709. The Hall–Kier alpha value is -2.64. The van der Waals surface area contributed by atoms with Crippen LogP contribution >= 0.6 is 0 Å². The molecule has 1 saturated heterocycles. The molecule has 0 bridgehead atoms. The number of nitrogens with zero attached hydrogens (tertiary/aromatic N) is 3. The minimum Gasteiger partial charge on any atom is -0.357 e. The highest BCUT2D eigenvalue weighted by Crippen LogP contribution is 2.33. The number of hydrogen-bond acceptors (Lipinski definition) is 5. The highest BCUT2D eigenvalue weighted by molar-refractivity contribution is 6.10. The summed E-state index contributed by atoms with van der Waals surface area (Å²) in [7, 11) is 0. The minimum absolute atomic E-state index is 0.280. The van der Waals surface area contributed by atoms with Crippen molar-refractivity contribution in [3.63, 3.8) is 0 Å². The number of urea groups is 1. The van der Waals surface area contributed by atoms with Crippen LogP contribution in [0.25, 0.3) is 0 Å². The fourth-order valence-electron chi connectivity index (χ4n) is 3.85. The van der Waals surface area contributed by atoms with Crippen LogP contribution in [0.2, 0.25) is 0 Å². The summed E-state index contributed by atoms with van der Waals surface area (Å²) in [6.45, 7) is 5.52. The first kappa shape index (κ1) is 19.1. The van der Waals surface area contributed by atoms with Crippen LogP contribution in [0.4, 0.5) is 16.3 Å². The van der Waals surface area contributed by atoms with E-state index < -0.39 is 17.5 Å². The molecule has 1 aliphatic carbocycles. The van der Waals surface area contributed by atoms with Gasteiger partial charge in [0.1, 0.15) is 17.9 Å². The summed E-state index contributed by atoms with van der Waals surface area (Å²) in [6, 6.07) is 3.13. The SMILES string of the molecule is CCN(CC)c1ccc(NC(=O)CN2C(=O)NC3(CCCCC3)C2=O)cn1. The van der Waals surface area contributed by atoms with E-state index in [0.29, 0.717) is 18.5 Å². The molecular formula is C19H27N5O3. The molecular weight excluding hydrogens is 346 g/mol. The zero-order valence-electron chi connectivity index (χ0n) is 16.0. The quantitative estimate of drug-likeness (QED) is 0.745. The lowest BCUT2D eigenvalue weighted by atomic mass is 9.82. The molecule has 8 heteroatoms. The molecule has 8 nitrogen and oxygen atoms in total. The number of imide groups is 1. The number of carbonyl (C=O) groups is 3. The van der Waals surface area contributed by atoms with Gasteiger partial charge in [0.05, 0.1) is 11.9 Å². The predicted molar refractivity (Wildman–Crippen MR) is 102 cm³/mol. The van der Waals surface area contributed by atoms with Crippen LogP contribution in [0.5, 0.6) is 0 Å². The predicted octanol–water partition coefficient (Wildman–Crippen LogP) is 2.12. The van der Waals surface area contributed by atoms with E-state index in [1.165, 1.54) is 0 Å². The van der Waals surface area contributed by atoms with Gasteiger partial charge in [-0.25, -0.2) is 9.78 Å². The Labute approximate surface area is 159 Å². The average Bonchev–Trinajstić information content (AvgIpc) is 2.88. The largest absolute Gasteiger partial charge is 0.357 e. The lowest BCUT2D eigenvalue weighted by Gasteiger charge is -2.30. The zero-order valence-corrected chi connectivity index (χ0v) is 16.0. The number of anilines is 2. The molecule has 1 saturated carbocycles. The summed E-state index contributed by atoms with van der Waals surface area (Å²) < 4.78 is 0. The zero-order chi connectivity index (χ0) is 19.4. The Kier molecular flexibility index (Phi) is 5.62. The highest BCUT2D eigenvalue weighted by atomic mass is 16.2. The molecule has 0 unspecified atom stereocenters. The van der Waals surface area contributed by atoms with Gasteiger partial charge in [0.25, 0.3) is 5.91 Å². The molecule has 1 aromatic rings. The number of hydrogen-bond donors (Lipinski definition) is 2. The van der Waals surface area contributed by atoms with Crippen LogP contribution in [0, 0.1) is 0 Å². The fourth-order valence-corrected chi connectivity index (χ4v) is 3.85. The van der Waals surface area contributed by atoms with E-state index >= 15 is 0 Å². The number of carbonyl (C=O) groups excluding carboxylic acids is 3. The lowest BCUT2D eigenvalue weighted by Crippen LogP contribution is -2.48. The molecule has 3 rings (SSSR count). The maximum absolute atomic E-state index is 12.7. The van der Waals surface area contributed by atoms with E-state index in [1.807, 2.05) is 6.07 Å². The second kappa shape index (κ2) is 7.94. The van der Waals surface area contributed by atoms with Gasteiger partial charge in [-0.3, -0.25) is 14.5 Å². The van der Waals surface area contributed by atoms with Gasteiger partial charge in [-0.05, 0) is 38.8 Å². The van der Waals surface area contributed by atoms with Crippen molar-refractivity contribution in [3.05, 3.63) is 18.3 Å². The average molecular weight is 373 g/mol. The summed E-state index contributed by atoms with van der Waals surface area (Å²) in [5, 5.41) is 5.52. The smallest absolute Gasteiger partial charge is 0.325 e. The van der Waals surface area contributed by atoms with Gasteiger partial charge in [-0.15, -0.1) is 0 Å². The van der Waals surface area contributed by atoms with Crippen molar-refractivity contribution in [2.24, 2.45) is 0 Å². The first-order valence-electron chi connectivity index (χ1n) is 9.64. The first-order chi connectivity index (χ1) is 13.0. The third kappa shape index (κ3) is 3.89. The van der Waals surface area contributed by atoms with Gasteiger partial charge in [-0.2, -0.15) is 0 Å². The van der Waals surface area contributed by atoms with E-state index in [4.69, 9.17) is 0 Å². The van der Waals surface area contributed by atoms with Crippen LogP contribution in [-0.2, 0) is 9.59 Å². The van der Waals surface area contributed by atoms with Gasteiger partial charge >= 0.3 is 6.03 Å². The third-order valence-corrected chi connectivity index (χ3v) is 5.37. The summed E-state index contributed by atoms with van der Waals surface area (Å²) in [5.41, 5.74) is -0.266. The van der Waals surface area contributed by atoms with Gasteiger partial charge in [0, 0.05) is 13.1 Å². The summed E-state index contributed by atoms with van der Waals surface area (Å²) in [4.78, 5) is 44.8. The monoisotopic (exact) mass is 373 g/mol. The Morgan fingerprint density at radius 3 is 2.52 bits per heavy atom. The number of aromatic nitrogens is 1. The second-order valence-corrected chi connectivity index (χ2v) is 7.09. The molecule has 2 heterocycles. The van der Waals surface area contributed by atoms with Crippen LogP contribution in [0.3, 0.4) is 0 Å². The molecule has 27 heavy (non-hydrogen) atoms. The van der Waals surface area contributed by atoms with E-state index in [-0.39, 0.29) is 12.5 Å². The van der Waals surface area contributed by atoms with Crippen LogP contribution in [0.15, 0.2) is 18.3 Å². The maximum atomic E-state index is 12.7. The molecule has 2 aliphatic rings. The van der Waals surface area contributed by atoms with Crippen molar-refractivity contribution in [3.8, 4) is 0 Å². The first-order valence-corrected chi connectivity index (χ1v) is 9.64. The molecule has 2 N–H and O–H groups in total. The summed E-state index contributed by atoms with van der Waals surface area (Å²) >= 11 is 0. The lowest BCUT2D eigenvalue weighted by molar-refractivity contribution is -0.134. The topological polar surface area (TPSA) is 94.6 Å². The molecule has 146 valence electrons. The van der Waals surface area contributed by atoms with Crippen molar-refractivity contribution in [1.82, 2.24) is 15.2 Å². The molecule has 1 aliphatic heterocycles. The molecule has 0 radical (unpaired) electrons. The van der Waals surface area contributed by atoms with Crippen LogP contribution in [-0.4, -0.2) is 52.9 Å². The van der Waals surface area contributed by atoms with Gasteiger partial charge < -0.3 is 15.5 Å². The van der Waals surface area contributed by atoms with E-state index in [2.05, 4.69) is 34.4 Å². The number of pyridine rings is 1. The molecule has 1 spiro atoms. The number of amides is 4. The van der Waals surface area contributed by atoms with Crippen LogP contribution < -0.4 is 15.5 Å². The molecule has 0 aromatic carbocycles. The van der Waals surface area contributed by atoms with Crippen molar-refractivity contribution in [2.75, 3.05) is 29.9 Å². The van der Waals surface area contributed by atoms with Gasteiger partial charge in [0.2, 0.25) is 5.91 Å². The van der Waals surface area contributed by atoms with E-state index in [1.54, 1.807) is 12.3 Å². The van der Waals surface area contributed by atoms with Crippen molar-refractivity contribution >= 4 is 29.4 Å². The molecule has 4 amide bonds. The standard InChI is InChI=1S/C19H27N5O3/c1-3-23(4-2)15-9-8-14(12-20-15)21-16(25)13-24-17(26)19(22-18(24)27)10-6-5-7-11-19/h8-9,12H,3-7,10-11,13H2,1-2H3,(H,21,25)(H,22,27). The van der Waals surface area contributed by atoms with Crippen molar-refractivity contribution < 1.29 is 14.4 Å². The summed E-state index contributed by atoms with van der Waals surface area (Å²) in [5.74, 6) is 0.146. The number of rotatable bonds is 6. The molecule has 2 fully saturated rings. The van der Waals surface area contributed by atoms with Gasteiger partial charge in [-0.1, -0.05) is 19.3 Å². The molecule has 1 aromatic heterocycles. The second-order valence-electron chi connectivity index (χ2n) is 7.09. The van der Waals surface area contributed by atoms with Crippen molar-refractivity contribution in [2.45, 2.75) is 51.5 Å². The third-order valence-electron chi connectivity index (χ3n) is 5.37. The number of nitrogens with one attached hydrogen (secondary N) is 2. The van der Waals surface area contributed by atoms with E-state index in [0.717, 1.165) is 43.1 Å². The van der Waals surface area contributed by atoms with E-state index in [9.17, 15) is 14.4 Å². The highest BCUT2D eigenvalue weighted by Gasteiger charge is 2.51. The van der Waals surface area contributed by atoms with Gasteiger partial charge in [0.15, 0.2) is 0 Å². The van der Waals surface area contributed by atoms with Crippen LogP contribution in [0.1, 0.15) is 46.0 Å². The minimum atomic E-state index is -0.803.